The van der Waals surface area contributed by atoms with Gasteiger partial charge in [-0.3, -0.25) is 0 Å². The van der Waals surface area contributed by atoms with Crippen LogP contribution in [-0.2, 0) is 0 Å². The third-order valence-electron chi connectivity index (χ3n) is 3.63. The second-order valence-electron chi connectivity index (χ2n) is 5.44. The predicted molar refractivity (Wildman–Crippen MR) is 92.1 cm³/mol. The summed E-state index contributed by atoms with van der Waals surface area (Å²) >= 11 is 7.56. The van der Waals surface area contributed by atoms with Crippen molar-refractivity contribution in [1.29, 1.82) is 0 Å². The molecule has 1 aromatic heterocycles. The first-order valence-corrected chi connectivity index (χ1v) is 8.52. The van der Waals surface area contributed by atoms with E-state index in [1.165, 1.54) is 12.8 Å². The molecule has 6 heteroatoms. The first kappa shape index (κ1) is 13.8. The molecule has 112 valence electrons. The number of halogens is 1. The zero-order chi connectivity index (χ0) is 14.9. The first-order valence-electron chi connectivity index (χ1n) is 7.26. The van der Waals surface area contributed by atoms with Crippen LogP contribution in [0, 0.1) is 0 Å². The molecule has 2 N–H and O–H groups in total. The van der Waals surface area contributed by atoms with Crippen molar-refractivity contribution in [2.45, 2.75) is 18.9 Å². The molecule has 0 saturated heterocycles. The van der Waals surface area contributed by atoms with E-state index >= 15 is 0 Å². The smallest absolute Gasteiger partial charge is 0.195 e. The topological polar surface area (TPSA) is 49.3 Å². The van der Waals surface area contributed by atoms with E-state index in [1.807, 2.05) is 30.5 Å². The maximum Gasteiger partial charge on any atom is 0.195 e. The summed E-state index contributed by atoms with van der Waals surface area (Å²) in [6, 6.07) is 8.36. The minimum Gasteiger partial charge on any atom is -0.353 e. The molecule has 4 nitrogen and oxygen atoms in total. The van der Waals surface area contributed by atoms with Gasteiger partial charge in [-0.15, -0.1) is 11.3 Å². The second-order valence-corrected chi connectivity index (χ2v) is 6.74. The molecule has 0 atom stereocenters. The zero-order valence-corrected chi connectivity index (χ0v) is 13.4. The molecule has 1 aliphatic carbocycles. The van der Waals surface area contributed by atoms with Gasteiger partial charge in [-0.05, 0) is 25.0 Å². The van der Waals surface area contributed by atoms with E-state index in [2.05, 4.69) is 21.0 Å². The quantitative estimate of drug-likeness (QED) is 0.905. The predicted octanol–water partition coefficient (Wildman–Crippen LogP) is 3.52. The van der Waals surface area contributed by atoms with Crippen molar-refractivity contribution in [2.24, 2.45) is 4.99 Å². The molecule has 0 radical (unpaired) electrons. The molecular weight excluding hydrogens is 316 g/mol. The van der Waals surface area contributed by atoms with Crippen LogP contribution in [0.5, 0.6) is 0 Å². The molecular formula is C16H15ClN4S. The van der Waals surface area contributed by atoms with Crippen LogP contribution in [0.15, 0.2) is 40.8 Å². The highest BCUT2D eigenvalue weighted by atomic mass is 35.5. The zero-order valence-electron chi connectivity index (χ0n) is 11.8. The van der Waals surface area contributed by atoms with Gasteiger partial charge in [-0.1, -0.05) is 23.7 Å². The molecule has 0 unspecified atom stereocenters. The van der Waals surface area contributed by atoms with Gasteiger partial charge in [-0.2, -0.15) is 0 Å². The second kappa shape index (κ2) is 5.74. The van der Waals surface area contributed by atoms with E-state index in [1.54, 1.807) is 11.3 Å². The van der Waals surface area contributed by atoms with Crippen LogP contribution < -0.4 is 10.6 Å². The Labute approximate surface area is 138 Å². The van der Waals surface area contributed by atoms with Gasteiger partial charge in [-0.25, -0.2) is 9.98 Å². The molecule has 2 heterocycles. The molecule has 0 bridgehead atoms. The van der Waals surface area contributed by atoms with Gasteiger partial charge in [0, 0.05) is 33.8 Å². The standard InChI is InChI=1S/C16H15ClN4S/c17-12-3-1-10(2-4-12)14-9-22-15(21-14)11-7-18-16(19-8-11)20-13-5-6-13/h1-4,7,9,13H,5-6,8H2,(H2,18,19,20). The number of nitrogens with one attached hydrogen (secondary N) is 2. The van der Waals surface area contributed by atoms with Crippen LogP contribution in [0.4, 0.5) is 0 Å². The molecule has 22 heavy (non-hydrogen) atoms. The summed E-state index contributed by atoms with van der Waals surface area (Å²) in [7, 11) is 0. The number of aromatic nitrogens is 1. The van der Waals surface area contributed by atoms with E-state index < -0.39 is 0 Å². The third-order valence-corrected chi connectivity index (χ3v) is 4.80. The number of rotatable bonds is 3. The maximum atomic E-state index is 5.92. The van der Waals surface area contributed by atoms with E-state index in [4.69, 9.17) is 16.6 Å². The highest BCUT2D eigenvalue weighted by molar-refractivity contribution is 7.11. The summed E-state index contributed by atoms with van der Waals surface area (Å²) in [5.74, 6) is 0.876. The van der Waals surface area contributed by atoms with Crippen molar-refractivity contribution in [3.05, 3.63) is 45.9 Å². The fourth-order valence-corrected chi connectivity index (χ4v) is 3.19. The Bertz CT molecular complexity index is 744. The van der Waals surface area contributed by atoms with E-state index in [9.17, 15) is 0 Å². The van der Waals surface area contributed by atoms with Crippen LogP contribution in [0.25, 0.3) is 16.8 Å². The van der Waals surface area contributed by atoms with E-state index in [0.717, 1.165) is 32.8 Å². The lowest BCUT2D eigenvalue weighted by atomic mass is 10.2. The van der Waals surface area contributed by atoms with Crippen molar-refractivity contribution in [2.75, 3.05) is 6.54 Å². The number of guanidine groups is 1. The van der Waals surface area contributed by atoms with Gasteiger partial charge in [0.15, 0.2) is 5.96 Å². The van der Waals surface area contributed by atoms with Gasteiger partial charge in [0.2, 0.25) is 0 Å². The number of benzene rings is 1. The van der Waals surface area contributed by atoms with Crippen molar-refractivity contribution in [1.82, 2.24) is 15.6 Å². The number of thiazole rings is 1. The SMILES string of the molecule is Clc1ccc(-c2csc(C3=CNC(NC4CC4)=NC3)n2)cc1. The Kier molecular flexibility index (Phi) is 3.60. The summed E-state index contributed by atoms with van der Waals surface area (Å²) < 4.78 is 0. The van der Waals surface area contributed by atoms with Gasteiger partial charge < -0.3 is 10.6 Å². The Morgan fingerprint density at radius 2 is 2.05 bits per heavy atom. The summed E-state index contributed by atoms with van der Waals surface area (Å²) in [6.07, 6.45) is 4.49. The minimum absolute atomic E-state index is 0.609. The molecule has 1 aromatic carbocycles. The van der Waals surface area contributed by atoms with Gasteiger partial charge in [0.1, 0.15) is 5.01 Å². The number of hydrogen-bond donors (Lipinski definition) is 2. The highest BCUT2D eigenvalue weighted by Gasteiger charge is 2.23. The third kappa shape index (κ3) is 3.00. The van der Waals surface area contributed by atoms with Crippen LogP contribution in [0.2, 0.25) is 5.02 Å². The van der Waals surface area contributed by atoms with E-state index in [0.29, 0.717) is 12.6 Å². The van der Waals surface area contributed by atoms with Crippen LogP contribution >= 0.6 is 22.9 Å². The average molecular weight is 331 g/mol. The normalized spacial score (nSPS) is 17.5. The van der Waals surface area contributed by atoms with E-state index in [-0.39, 0.29) is 0 Å². The lowest BCUT2D eigenvalue weighted by Crippen LogP contribution is -2.37. The average Bonchev–Trinajstić information content (AvgIpc) is 3.22. The molecule has 4 rings (SSSR count). The highest BCUT2D eigenvalue weighted by Crippen LogP contribution is 2.27. The van der Waals surface area contributed by atoms with Crippen molar-refractivity contribution < 1.29 is 0 Å². The monoisotopic (exact) mass is 330 g/mol. The summed E-state index contributed by atoms with van der Waals surface area (Å²) in [5.41, 5.74) is 3.17. The van der Waals surface area contributed by atoms with Crippen LogP contribution in [-0.4, -0.2) is 23.5 Å². The number of nitrogens with zero attached hydrogens (tertiary/aromatic N) is 2. The van der Waals surface area contributed by atoms with Crippen LogP contribution in [0.3, 0.4) is 0 Å². The Morgan fingerprint density at radius 3 is 2.73 bits per heavy atom. The lowest BCUT2D eigenvalue weighted by Gasteiger charge is -2.14. The summed E-state index contributed by atoms with van der Waals surface area (Å²) in [5, 5.41) is 10.4. The number of aliphatic imine (C=N–C) groups is 1. The van der Waals surface area contributed by atoms with Crippen LogP contribution in [0.1, 0.15) is 17.8 Å². The Hall–Kier alpha value is -1.85. The molecule has 1 fully saturated rings. The van der Waals surface area contributed by atoms with Crippen molar-refractivity contribution >= 4 is 34.5 Å². The van der Waals surface area contributed by atoms with Gasteiger partial charge in [0.05, 0.1) is 12.2 Å². The molecule has 2 aromatic rings. The lowest BCUT2D eigenvalue weighted by molar-refractivity contribution is 0.859. The largest absolute Gasteiger partial charge is 0.353 e. The van der Waals surface area contributed by atoms with Crippen molar-refractivity contribution in [3.63, 3.8) is 0 Å². The fraction of sp³-hybridized carbons (Fsp3) is 0.250. The van der Waals surface area contributed by atoms with Gasteiger partial charge in [0.25, 0.3) is 0 Å². The molecule has 0 spiro atoms. The molecule has 1 aliphatic heterocycles. The van der Waals surface area contributed by atoms with Gasteiger partial charge >= 0.3 is 0 Å². The first-order chi connectivity index (χ1) is 10.8. The minimum atomic E-state index is 0.609. The summed E-state index contributed by atoms with van der Waals surface area (Å²) in [4.78, 5) is 9.25. The molecule has 2 aliphatic rings. The maximum absolute atomic E-state index is 5.92. The Balaban J connectivity index is 1.47. The number of hydrogen-bond acceptors (Lipinski definition) is 5. The fourth-order valence-electron chi connectivity index (χ4n) is 2.22. The molecule has 1 saturated carbocycles. The Morgan fingerprint density at radius 1 is 1.23 bits per heavy atom. The van der Waals surface area contributed by atoms with Crippen molar-refractivity contribution in [3.8, 4) is 11.3 Å². The molecule has 0 amide bonds. The summed E-state index contributed by atoms with van der Waals surface area (Å²) in [6.45, 7) is 0.662.